The first-order valence-electron chi connectivity index (χ1n) is 4.78. The van der Waals surface area contributed by atoms with E-state index in [2.05, 4.69) is 5.32 Å². The number of carbonyl (C=O) groups excluding carboxylic acids is 1. The Bertz CT molecular complexity index is 253. The largest absolute Gasteiger partial charge is 0.481 e. The predicted molar refractivity (Wildman–Crippen MR) is 49.8 cm³/mol. The summed E-state index contributed by atoms with van der Waals surface area (Å²) < 4.78 is 35.3. The third-order valence-corrected chi connectivity index (χ3v) is 1.80. The molecule has 0 aromatic rings. The Labute approximate surface area is 90.8 Å². The first-order valence-corrected chi connectivity index (χ1v) is 4.78. The number of hydrogen-bond donors (Lipinski definition) is 2. The molecular formula is C9H14F3NO3. The van der Waals surface area contributed by atoms with E-state index >= 15 is 0 Å². The van der Waals surface area contributed by atoms with Crippen molar-refractivity contribution in [2.45, 2.75) is 44.8 Å². The molecule has 0 aliphatic carbocycles. The van der Waals surface area contributed by atoms with Crippen molar-refractivity contribution in [1.29, 1.82) is 0 Å². The summed E-state index contributed by atoms with van der Waals surface area (Å²) in [5, 5.41) is 10.5. The maximum Gasteiger partial charge on any atom is 0.397 e. The van der Waals surface area contributed by atoms with Gasteiger partial charge in [-0.25, -0.2) is 0 Å². The number of carbonyl (C=O) groups is 2. The summed E-state index contributed by atoms with van der Waals surface area (Å²) in [4.78, 5) is 21.0. The van der Waals surface area contributed by atoms with Gasteiger partial charge in [-0.05, 0) is 19.8 Å². The molecule has 94 valence electrons. The van der Waals surface area contributed by atoms with Crippen molar-refractivity contribution >= 4 is 11.9 Å². The zero-order valence-corrected chi connectivity index (χ0v) is 8.80. The fourth-order valence-corrected chi connectivity index (χ4v) is 1.14. The lowest BCUT2D eigenvalue weighted by atomic mass is 10.1. The zero-order chi connectivity index (χ0) is 12.8. The summed E-state index contributed by atoms with van der Waals surface area (Å²) in [6.45, 7) is 1.54. The van der Waals surface area contributed by atoms with Crippen LogP contribution in [0.3, 0.4) is 0 Å². The molecule has 0 aliphatic heterocycles. The minimum Gasteiger partial charge on any atom is -0.481 e. The predicted octanol–water partition coefficient (Wildman–Crippen LogP) is 1.70. The Morgan fingerprint density at radius 2 is 1.94 bits per heavy atom. The highest BCUT2D eigenvalue weighted by molar-refractivity contribution is 5.76. The molecule has 0 heterocycles. The second-order valence-corrected chi connectivity index (χ2v) is 3.55. The van der Waals surface area contributed by atoms with Gasteiger partial charge in [0, 0.05) is 12.5 Å². The molecule has 7 heteroatoms. The van der Waals surface area contributed by atoms with E-state index in [0.717, 1.165) is 0 Å². The number of amides is 1. The Hall–Kier alpha value is -1.27. The fourth-order valence-electron chi connectivity index (χ4n) is 1.14. The summed E-state index contributed by atoms with van der Waals surface area (Å²) in [7, 11) is 0. The van der Waals surface area contributed by atoms with Crippen molar-refractivity contribution in [1.82, 2.24) is 5.32 Å². The van der Waals surface area contributed by atoms with Crippen molar-refractivity contribution in [2.75, 3.05) is 0 Å². The lowest BCUT2D eigenvalue weighted by Gasteiger charge is -2.14. The summed E-state index contributed by atoms with van der Waals surface area (Å²) >= 11 is 0. The van der Waals surface area contributed by atoms with Gasteiger partial charge in [0.1, 0.15) is 6.42 Å². The molecule has 0 aromatic carbocycles. The summed E-state index contributed by atoms with van der Waals surface area (Å²) in [6.07, 6.45) is -5.40. The van der Waals surface area contributed by atoms with Gasteiger partial charge in [0.05, 0.1) is 0 Å². The van der Waals surface area contributed by atoms with Crippen LogP contribution >= 0.6 is 0 Å². The van der Waals surface area contributed by atoms with Gasteiger partial charge in [0.15, 0.2) is 0 Å². The molecular weight excluding hydrogens is 227 g/mol. The lowest BCUT2D eigenvalue weighted by Crippen LogP contribution is -2.35. The van der Waals surface area contributed by atoms with Crippen LogP contribution in [-0.4, -0.2) is 29.2 Å². The van der Waals surface area contributed by atoms with Crippen molar-refractivity contribution in [3.8, 4) is 0 Å². The van der Waals surface area contributed by atoms with Gasteiger partial charge in [-0.15, -0.1) is 0 Å². The van der Waals surface area contributed by atoms with Crippen molar-refractivity contribution < 1.29 is 27.9 Å². The molecule has 0 spiro atoms. The molecule has 0 aromatic heterocycles. The van der Waals surface area contributed by atoms with Crippen LogP contribution in [0.5, 0.6) is 0 Å². The zero-order valence-electron chi connectivity index (χ0n) is 8.80. The molecule has 16 heavy (non-hydrogen) atoms. The van der Waals surface area contributed by atoms with Gasteiger partial charge in [0.25, 0.3) is 0 Å². The number of aliphatic carboxylic acids is 1. The van der Waals surface area contributed by atoms with Crippen LogP contribution in [0.1, 0.15) is 32.6 Å². The molecule has 0 fully saturated rings. The second kappa shape index (κ2) is 6.34. The normalized spacial score (nSPS) is 13.2. The lowest BCUT2D eigenvalue weighted by molar-refractivity contribution is -0.154. The van der Waals surface area contributed by atoms with Crippen LogP contribution in [-0.2, 0) is 9.59 Å². The minimum atomic E-state index is -4.51. The molecule has 0 radical (unpaired) electrons. The number of rotatable bonds is 6. The molecule has 2 N–H and O–H groups in total. The third-order valence-electron chi connectivity index (χ3n) is 1.80. The van der Waals surface area contributed by atoms with Crippen LogP contribution in [0.4, 0.5) is 13.2 Å². The van der Waals surface area contributed by atoms with E-state index in [1.54, 1.807) is 0 Å². The Balaban J connectivity index is 3.74. The first-order chi connectivity index (χ1) is 7.20. The van der Waals surface area contributed by atoms with Gasteiger partial charge >= 0.3 is 12.1 Å². The Kier molecular flexibility index (Phi) is 5.84. The number of hydrogen-bond acceptors (Lipinski definition) is 2. The number of nitrogens with one attached hydrogen (secondary N) is 1. The molecule has 0 saturated heterocycles. The Morgan fingerprint density at radius 1 is 1.38 bits per heavy atom. The molecule has 4 nitrogen and oxygen atoms in total. The molecule has 0 bridgehead atoms. The van der Waals surface area contributed by atoms with Gasteiger partial charge in [-0.3, -0.25) is 9.59 Å². The highest BCUT2D eigenvalue weighted by Gasteiger charge is 2.31. The van der Waals surface area contributed by atoms with Gasteiger partial charge in [-0.2, -0.15) is 13.2 Å². The van der Waals surface area contributed by atoms with Gasteiger partial charge in [-0.1, -0.05) is 0 Å². The van der Waals surface area contributed by atoms with Gasteiger partial charge in [0.2, 0.25) is 5.91 Å². The SMILES string of the molecule is CC(CCCC(=O)O)NC(=O)CC(F)(F)F. The minimum absolute atomic E-state index is 0.0561. The quantitative estimate of drug-likeness (QED) is 0.743. The third kappa shape index (κ3) is 9.29. The summed E-state index contributed by atoms with van der Waals surface area (Å²) in [5.41, 5.74) is 0. The molecule has 0 aliphatic rings. The monoisotopic (exact) mass is 241 g/mol. The standard InChI is InChI=1S/C9H14F3NO3/c1-6(3-2-4-8(15)16)13-7(14)5-9(10,11)12/h6H,2-5H2,1H3,(H,13,14)(H,15,16). The van der Waals surface area contributed by atoms with E-state index in [1.165, 1.54) is 6.92 Å². The number of carboxylic acids is 1. The van der Waals surface area contributed by atoms with Crippen molar-refractivity contribution in [3.63, 3.8) is 0 Å². The average molecular weight is 241 g/mol. The maximum absolute atomic E-state index is 11.8. The molecule has 1 amide bonds. The van der Waals surface area contributed by atoms with E-state index in [0.29, 0.717) is 12.8 Å². The van der Waals surface area contributed by atoms with Crippen LogP contribution in [0.25, 0.3) is 0 Å². The van der Waals surface area contributed by atoms with Crippen molar-refractivity contribution in [2.24, 2.45) is 0 Å². The van der Waals surface area contributed by atoms with Crippen LogP contribution < -0.4 is 5.32 Å². The van der Waals surface area contributed by atoms with Crippen LogP contribution in [0.2, 0.25) is 0 Å². The van der Waals surface area contributed by atoms with Gasteiger partial charge < -0.3 is 10.4 Å². The molecule has 0 rings (SSSR count). The maximum atomic E-state index is 11.8. The van der Waals surface area contributed by atoms with E-state index < -0.39 is 30.5 Å². The molecule has 1 atom stereocenters. The van der Waals surface area contributed by atoms with Crippen LogP contribution in [0.15, 0.2) is 0 Å². The molecule has 1 unspecified atom stereocenters. The van der Waals surface area contributed by atoms with Crippen LogP contribution in [0, 0.1) is 0 Å². The highest BCUT2D eigenvalue weighted by Crippen LogP contribution is 2.19. The smallest absolute Gasteiger partial charge is 0.397 e. The average Bonchev–Trinajstić information content (AvgIpc) is 1.98. The van der Waals surface area contributed by atoms with E-state index in [4.69, 9.17) is 5.11 Å². The summed E-state index contributed by atoms with van der Waals surface area (Å²) in [5.74, 6) is -2.05. The Morgan fingerprint density at radius 3 is 2.38 bits per heavy atom. The second-order valence-electron chi connectivity index (χ2n) is 3.55. The fraction of sp³-hybridized carbons (Fsp3) is 0.778. The number of halogens is 3. The molecule has 0 saturated carbocycles. The highest BCUT2D eigenvalue weighted by atomic mass is 19.4. The summed E-state index contributed by atoms with van der Waals surface area (Å²) in [6, 6.07) is -0.450. The topological polar surface area (TPSA) is 66.4 Å². The van der Waals surface area contributed by atoms with E-state index in [1.807, 2.05) is 0 Å². The number of alkyl halides is 3. The van der Waals surface area contributed by atoms with Crippen molar-refractivity contribution in [3.05, 3.63) is 0 Å². The van der Waals surface area contributed by atoms with E-state index in [-0.39, 0.29) is 6.42 Å². The van der Waals surface area contributed by atoms with E-state index in [9.17, 15) is 22.8 Å². The number of carboxylic acid groups (broad SMARTS) is 1. The first kappa shape index (κ1) is 14.7.